The molecule has 2 rings (SSSR count). The lowest BCUT2D eigenvalue weighted by Crippen LogP contribution is -2.30. The SMILES string of the molecule is O=C(O)CCNC(=O)Cn1nnc(-c2ccco2)n1. The Balaban J connectivity index is 1.86. The Labute approximate surface area is 107 Å². The number of aliphatic carboxylic acids is 1. The highest BCUT2D eigenvalue weighted by Crippen LogP contribution is 2.12. The van der Waals surface area contributed by atoms with Crippen molar-refractivity contribution in [1.29, 1.82) is 0 Å². The van der Waals surface area contributed by atoms with Gasteiger partial charge in [0.25, 0.3) is 0 Å². The molecule has 2 heterocycles. The molecule has 19 heavy (non-hydrogen) atoms. The van der Waals surface area contributed by atoms with Crippen molar-refractivity contribution < 1.29 is 19.1 Å². The number of carboxylic acid groups (broad SMARTS) is 1. The number of aromatic nitrogens is 4. The Kier molecular flexibility index (Phi) is 3.86. The highest BCUT2D eigenvalue weighted by Gasteiger charge is 2.10. The largest absolute Gasteiger partial charge is 0.481 e. The Morgan fingerprint density at radius 2 is 2.32 bits per heavy atom. The molecule has 0 aromatic carbocycles. The first-order valence-electron chi connectivity index (χ1n) is 5.45. The molecule has 0 atom stereocenters. The normalized spacial score (nSPS) is 10.3. The minimum Gasteiger partial charge on any atom is -0.481 e. The van der Waals surface area contributed by atoms with Crippen molar-refractivity contribution in [3.8, 4) is 11.6 Å². The van der Waals surface area contributed by atoms with Crippen molar-refractivity contribution in [2.75, 3.05) is 6.54 Å². The molecule has 0 aliphatic heterocycles. The van der Waals surface area contributed by atoms with Crippen LogP contribution in [-0.4, -0.2) is 43.7 Å². The minimum atomic E-state index is -0.973. The number of tetrazole rings is 1. The fourth-order valence-electron chi connectivity index (χ4n) is 1.31. The maximum Gasteiger partial charge on any atom is 0.305 e. The van der Waals surface area contributed by atoms with Gasteiger partial charge in [-0.25, -0.2) is 0 Å². The van der Waals surface area contributed by atoms with Crippen LogP contribution in [0.3, 0.4) is 0 Å². The molecule has 1 amide bonds. The third-order valence-electron chi connectivity index (χ3n) is 2.14. The molecule has 0 saturated heterocycles. The Hall–Kier alpha value is -2.71. The predicted molar refractivity (Wildman–Crippen MR) is 60.8 cm³/mol. The average Bonchev–Trinajstić information content (AvgIpc) is 2.97. The van der Waals surface area contributed by atoms with E-state index in [-0.39, 0.29) is 31.2 Å². The second-order valence-electron chi connectivity index (χ2n) is 3.61. The third kappa shape index (κ3) is 3.63. The molecule has 0 bridgehead atoms. The van der Waals surface area contributed by atoms with Crippen LogP contribution in [0.1, 0.15) is 6.42 Å². The van der Waals surface area contributed by atoms with Gasteiger partial charge in [0.1, 0.15) is 6.54 Å². The lowest BCUT2D eigenvalue weighted by molar-refractivity contribution is -0.136. The molecule has 9 nitrogen and oxygen atoms in total. The van der Waals surface area contributed by atoms with Gasteiger partial charge in [-0.3, -0.25) is 9.59 Å². The summed E-state index contributed by atoms with van der Waals surface area (Å²) in [6.07, 6.45) is 1.35. The summed E-state index contributed by atoms with van der Waals surface area (Å²) < 4.78 is 5.08. The number of hydrogen-bond acceptors (Lipinski definition) is 6. The van der Waals surface area contributed by atoms with Crippen LogP contribution in [0.5, 0.6) is 0 Å². The van der Waals surface area contributed by atoms with Crippen LogP contribution in [0, 0.1) is 0 Å². The van der Waals surface area contributed by atoms with Gasteiger partial charge < -0.3 is 14.8 Å². The number of furan rings is 1. The molecule has 9 heteroatoms. The quantitative estimate of drug-likeness (QED) is 0.723. The zero-order chi connectivity index (χ0) is 13.7. The number of carbonyl (C=O) groups is 2. The van der Waals surface area contributed by atoms with Crippen molar-refractivity contribution in [1.82, 2.24) is 25.5 Å². The minimum absolute atomic E-state index is 0.0634. The monoisotopic (exact) mass is 265 g/mol. The lowest BCUT2D eigenvalue weighted by Gasteiger charge is -2.01. The van der Waals surface area contributed by atoms with E-state index in [0.29, 0.717) is 5.76 Å². The molecule has 2 aromatic rings. The summed E-state index contributed by atoms with van der Waals surface area (Å²) in [5, 5.41) is 22.2. The number of amides is 1. The van der Waals surface area contributed by atoms with Crippen molar-refractivity contribution in [2.24, 2.45) is 0 Å². The highest BCUT2D eigenvalue weighted by molar-refractivity contribution is 5.76. The Morgan fingerprint density at radius 3 is 3.00 bits per heavy atom. The van der Waals surface area contributed by atoms with E-state index in [1.54, 1.807) is 12.1 Å². The predicted octanol–water partition coefficient (Wildman–Crippen LogP) is -0.476. The molecule has 0 spiro atoms. The number of nitrogens with one attached hydrogen (secondary N) is 1. The molecule has 100 valence electrons. The van der Waals surface area contributed by atoms with Gasteiger partial charge in [0, 0.05) is 6.54 Å². The van der Waals surface area contributed by atoms with E-state index in [9.17, 15) is 9.59 Å². The second kappa shape index (κ2) is 5.76. The van der Waals surface area contributed by atoms with Crippen LogP contribution >= 0.6 is 0 Å². The van der Waals surface area contributed by atoms with E-state index in [0.717, 1.165) is 4.80 Å². The van der Waals surface area contributed by atoms with Crippen molar-refractivity contribution in [3.05, 3.63) is 18.4 Å². The van der Waals surface area contributed by atoms with Gasteiger partial charge in [-0.2, -0.15) is 4.80 Å². The zero-order valence-electron chi connectivity index (χ0n) is 9.81. The summed E-state index contributed by atoms with van der Waals surface area (Å²) in [6, 6.07) is 3.36. The van der Waals surface area contributed by atoms with E-state index in [1.807, 2.05) is 0 Å². The summed E-state index contributed by atoms with van der Waals surface area (Å²) in [7, 11) is 0. The number of nitrogens with zero attached hydrogens (tertiary/aromatic N) is 4. The van der Waals surface area contributed by atoms with Gasteiger partial charge in [-0.1, -0.05) is 0 Å². The second-order valence-corrected chi connectivity index (χ2v) is 3.61. The number of rotatable bonds is 6. The van der Waals surface area contributed by atoms with E-state index < -0.39 is 5.97 Å². The van der Waals surface area contributed by atoms with Crippen molar-refractivity contribution in [2.45, 2.75) is 13.0 Å². The first-order valence-corrected chi connectivity index (χ1v) is 5.45. The standard InChI is InChI=1S/C10H11N5O4/c16-8(11-4-3-9(17)18)6-15-13-10(12-14-15)7-2-1-5-19-7/h1-2,5H,3-4,6H2,(H,11,16)(H,17,18). The molecule has 0 radical (unpaired) electrons. The third-order valence-corrected chi connectivity index (χ3v) is 2.14. The molecule has 0 saturated carbocycles. The van der Waals surface area contributed by atoms with Gasteiger partial charge in [0.2, 0.25) is 11.7 Å². The molecule has 0 unspecified atom stereocenters. The number of carboxylic acids is 1. The molecule has 0 fully saturated rings. The smallest absolute Gasteiger partial charge is 0.305 e. The first kappa shape index (κ1) is 12.7. The van der Waals surface area contributed by atoms with Crippen LogP contribution < -0.4 is 5.32 Å². The summed E-state index contributed by atoms with van der Waals surface area (Å²) in [6.45, 7) is -0.0682. The van der Waals surface area contributed by atoms with Gasteiger partial charge in [-0.05, 0) is 17.3 Å². The molecule has 0 aliphatic rings. The van der Waals surface area contributed by atoms with E-state index >= 15 is 0 Å². The van der Waals surface area contributed by atoms with Crippen molar-refractivity contribution >= 4 is 11.9 Å². The molecule has 0 aliphatic carbocycles. The van der Waals surface area contributed by atoms with Gasteiger partial charge in [0.05, 0.1) is 12.7 Å². The molecule has 2 N–H and O–H groups in total. The summed E-state index contributed by atoms with van der Waals surface area (Å²) >= 11 is 0. The average molecular weight is 265 g/mol. The van der Waals surface area contributed by atoms with Gasteiger partial charge in [-0.15, -0.1) is 10.2 Å². The van der Waals surface area contributed by atoms with Crippen LogP contribution in [0.2, 0.25) is 0 Å². The van der Waals surface area contributed by atoms with Crippen LogP contribution in [0.4, 0.5) is 0 Å². The van der Waals surface area contributed by atoms with E-state index in [4.69, 9.17) is 9.52 Å². The number of hydrogen-bond donors (Lipinski definition) is 2. The Morgan fingerprint density at radius 1 is 1.47 bits per heavy atom. The fourth-order valence-corrected chi connectivity index (χ4v) is 1.31. The van der Waals surface area contributed by atoms with Crippen LogP contribution in [-0.2, 0) is 16.1 Å². The Bertz CT molecular complexity index is 562. The van der Waals surface area contributed by atoms with Crippen LogP contribution in [0.15, 0.2) is 22.8 Å². The summed E-state index contributed by atoms with van der Waals surface area (Å²) in [5.41, 5.74) is 0. The fraction of sp³-hybridized carbons (Fsp3) is 0.300. The van der Waals surface area contributed by atoms with E-state index in [2.05, 4.69) is 20.7 Å². The maximum absolute atomic E-state index is 11.4. The highest BCUT2D eigenvalue weighted by atomic mass is 16.4. The number of carbonyl (C=O) groups excluding carboxylic acids is 1. The van der Waals surface area contributed by atoms with Crippen LogP contribution in [0.25, 0.3) is 11.6 Å². The molecular weight excluding hydrogens is 254 g/mol. The lowest BCUT2D eigenvalue weighted by atomic mass is 10.4. The molecule has 2 aromatic heterocycles. The van der Waals surface area contributed by atoms with E-state index in [1.165, 1.54) is 6.26 Å². The molecular formula is C10H11N5O4. The van der Waals surface area contributed by atoms with Crippen molar-refractivity contribution in [3.63, 3.8) is 0 Å². The van der Waals surface area contributed by atoms with Gasteiger partial charge in [0.15, 0.2) is 5.76 Å². The summed E-state index contributed by atoms with van der Waals surface area (Å²) in [4.78, 5) is 22.8. The topological polar surface area (TPSA) is 123 Å². The van der Waals surface area contributed by atoms with Gasteiger partial charge >= 0.3 is 5.97 Å². The zero-order valence-corrected chi connectivity index (χ0v) is 9.81. The summed E-state index contributed by atoms with van der Waals surface area (Å²) in [5.74, 6) is -0.621. The first-order chi connectivity index (χ1) is 9.15. The maximum atomic E-state index is 11.4.